The molecule has 0 fully saturated rings. The van der Waals surface area contributed by atoms with Crippen molar-refractivity contribution in [2.24, 2.45) is 0 Å². The summed E-state index contributed by atoms with van der Waals surface area (Å²) >= 11 is 0. The molecule has 0 unspecified atom stereocenters. The van der Waals surface area contributed by atoms with Gasteiger partial charge in [0.15, 0.2) is 0 Å². The Bertz CT molecular complexity index is 1390. The van der Waals surface area contributed by atoms with E-state index in [1.54, 1.807) is 87.5 Å². The van der Waals surface area contributed by atoms with Gasteiger partial charge in [0.1, 0.15) is 24.6 Å². The number of carbonyl (C=O) groups excluding carboxylic acids is 3. The van der Waals surface area contributed by atoms with Crippen LogP contribution in [0.1, 0.15) is 53.4 Å². The molecule has 0 spiro atoms. The van der Waals surface area contributed by atoms with Crippen molar-refractivity contribution in [2.45, 2.75) is 46.0 Å². The number of ether oxygens (including phenoxy) is 2. The molecule has 0 radical (unpaired) electrons. The third-order valence-electron chi connectivity index (χ3n) is 5.81. The lowest BCUT2D eigenvalue weighted by molar-refractivity contribution is -0.155. The maximum absolute atomic E-state index is 13.4. The zero-order chi connectivity index (χ0) is 29.3. The minimum atomic E-state index is -0.723. The highest BCUT2D eigenvalue weighted by Gasteiger charge is 2.23. The largest absolute Gasteiger partial charge is 0.497 e. The number of alkyl halides is 1. The van der Waals surface area contributed by atoms with E-state index >= 15 is 0 Å². The molecule has 0 bridgehead atoms. The first-order valence-electron chi connectivity index (χ1n) is 12.6. The van der Waals surface area contributed by atoms with Gasteiger partial charge in [0, 0.05) is 17.8 Å². The highest BCUT2D eigenvalue weighted by Crippen LogP contribution is 2.21. The molecule has 0 saturated carbocycles. The Hall–Kier alpha value is -4.71. The number of hydrogen-bond acceptors (Lipinski definition) is 6. The van der Waals surface area contributed by atoms with Gasteiger partial charge < -0.3 is 19.7 Å². The van der Waals surface area contributed by atoms with Crippen LogP contribution in [0.2, 0.25) is 0 Å². The summed E-state index contributed by atoms with van der Waals surface area (Å²) in [5.74, 6) is -0.785. The van der Waals surface area contributed by atoms with E-state index < -0.39 is 24.2 Å². The zero-order valence-corrected chi connectivity index (χ0v) is 23.0. The number of nitriles is 1. The molecule has 0 heterocycles. The second-order valence-electron chi connectivity index (χ2n) is 10.1. The lowest BCUT2D eigenvalue weighted by Crippen LogP contribution is -2.38. The van der Waals surface area contributed by atoms with Gasteiger partial charge in [0.2, 0.25) is 5.91 Å². The fraction of sp³-hybridized carbons (Fsp3) is 0.290. The lowest BCUT2D eigenvalue weighted by atomic mass is 10.0. The SMILES string of the molecule is COc1ccc(CC(=O)Nc2ccc(C(=O)N(CC(=O)OC(C)(C)C)Cc3ccc(C#N)cc3)cc2)c(CF)c1. The zero-order valence-electron chi connectivity index (χ0n) is 23.0. The molecule has 0 aliphatic heterocycles. The summed E-state index contributed by atoms with van der Waals surface area (Å²) in [5, 5.41) is 11.8. The molecule has 0 saturated heterocycles. The molecule has 3 aromatic rings. The van der Waals surface area contributed by atoms with Crippen molar-refractivity contribution in [1.82, 2.24) is 4.90 Å². The number of hydrogen-bond donors (Lipinski definition) is 1. The topological polar surface area (TPSA) is 109 Å². The molecule has 208 valence electrons. The minimum Gasteiger partial charge on any atom is -0.497 e. The molecule has 3 aromatic carbocycles. The van der Waals surface area contributed by atoms with Gasteiger partial charge >= 0.3 is 5.97 Å². The van der Waals surface area contributed by atoms with Gasteiger partial charge in [-0.2, -0.15) is 5.26 Å². The molecule has 8 nitrogen and oxygen atoms in total. The first-order chi connectivity index (χ1) is 19.0. The second-order valence-corrected chi connectivity index (χ2v) is 10.1. The number of nitrogens with one attached hydrogen (secondary N) is 1. The predicted molar refractivity (Wildman–Crippen MR) is 148 cm³/mol. The quantitative estimate of drug-likeness (QED) is 0.351. The molecule has 0 aliphatic rings. The van der Waals surface area contributed by atoms with E-state index in [2.05, 4.69) is 11.4 Å². The number of carbonyl (C=O) groups is 3. The summed E-state index contributed by atoms with van der Waals surface area (Å²) in [5.41, 5.74) is 2.21. The third kappa shape index (κ3) is 8.67. The maximum Gasteiger partial charge on any atom is 0.326 e. The van der Waals surface area contributed by atoms with Crippen LogP contribution in [0.25, 0.3) is 0 Å². The Morgan fingerprint density at radius 1 is 0.975 bits per heavy atom. The van der Waals surface area contributed by atoms with Crippen LogP contribution in [0.4, 0.5) is 10.1 Å². The Morgan fingerprint density at radius 2 is 1.65 bits per heavy atom. The standard InChI is InChI=1S/C31H32FN3O5/c1-31(2,3)40-29(37)20-35(19-22-7-5-21(18-33)6-8-22)30(38)23-9-12-26(13-10-23)34-28(36)16-24-11-14-27(39-4)15-25(24)17-32/h5-15H,16-17,19-20H2,1-4H3,(H,34,36). The fourth-order valence-corrected chi connectivity index (χ4v) is 3.92. The number of halogens is 1. The van der Waals surface area contributed by atoms with Crippen molar-refractivity contribution in [3.63, 3.8) is 0 Å². The van der Waals surface area contributed by atoms with Gasteiger partial charge in [-0.1, -0.05) is 18.2 Å². The van der Waals surface area contributed by atoms with E-state index in [9.17, 15) is 18.8 Å². The monoisotopic (exact) mass is 545 g/mol. The number of esters is 1. The summed E-state index contributed by atoms with van der Waals surface area (Å²) in [4.78, 5) is 39.9. The van der Waals surface area contributed by atoms with Crippen LogP contribution in [-0.4, -0.2) is 41.9 Å². The van der Waals surface area contributed by atoms with Gasteiger partial charge in [-0.15, -0.1) is 0 Å². The Morgan fingerprint density at radius 3 is 2.23 bits per heavy atom. The van der Waals surface area contributed by atoms with Gasteiger partial charge in [-0.05, 0) is 86.0 Å². The number of benzene rings is 3. The molecule has 9 heteroatoms. The first-order valence-corrected chi connectivity index (χ1v) is 12.6. The fourth-order valence-electron chi connectivity index (χ4n) is 3.92. The van der Waals surface area contributed by atoms with Crippen LogP contribution in [0.15, 0.2) is 66.7 Å². The molecule has 0 aliphatic carbocycles. The molecule has 40 heavy (non-hydrogen) atoms. The molecular weight excluding hydrogens is 513 g/mol. The second kappa shape index (κ2) is 13.4. The van der Waals surface area contributed by atoms with E-state index in [4.69, 9.17) is 14.7 Å². The smallest absolute Gasteiger partial charge is 0.326 e. The highest BCUT2D eigenvalue weighted by molar-refractivity contribution is 5.97. The van der Waals surface area contributed by atoms with E-state index in [0.717, 1.165) is 5.56 Å². The van der Waals surface area contributed by atoms with Crippen LogP contribution >= 0.6 is 0 Å². The van der Waals surface area contributed by atoms with E-state index in [0.29, 0.717) is 33.7 Å². The van der Waals surface area contributed by atoms with E-state index in [1.165, 1.54) is 12.0 Å². The van der Waals surface area contributed by atoms with Crippen molar-refractivity contribution in [2.75, 3.05) is 19.0 Å². The summed E-state index contributed by atoms with van der Waals surface area (Å²) in [6.45, 7) is 4.38. The van der Waals surface area contributed by atoms with Crippen LogP contribution in [0.5, 0.6) is 5.75 Å². The van der Waals surface area contributed by atoms with Crippen LogP contribution in [-0.2, 0) is 34.0 Å². The summed E-state index contributed by atoms with van der Waals surface area (Å²) < 4.78 is 24.0. The molecule has 2 amide bonds. The first kappa shape index (κ1) is 29.8. The van der Waals surface area contributed by atoms with Crippen molar-refractivity contribution in [1.29, 1.82) is 5.26 Å². The summed E-state index contributed by atoms with van der Waals surface area (Å²) in [6, 6.07) is 20.0. The van der Waals surface area contributed by atoms with E-state index in [-0.39, 0.29) is 25.4 Å². The summed E-state index contributed by atoms with van der Waals surface area (Å²) in [6.07, 6.45) is -0.0296. The summed E-state index contributed by atoms with van der Waals surface area (Å²) in [7, 11) is 1.49. The van der Waals surface area contributed by atoms with Crippen molar-refractivity contribution in [3.8, 4) is 11.8 Å². The van der Waals surface area contributed by atoms with Crippen molar-refractivity contribution < 1.29 is 28.2 Å². The number of amides is 2. The number of rotatable bonds is 10. The van der Waals surface area contributed by atoms with Crippen LogP contribution < -0.4 is 10.1 Å². The number of methoxy groups -OCH3 is 1. The number of nitrogens with zero attached hydrogens (tertiary/aromatic N) is 2. The Balaban J connectivity index is 1.72. The van der Waals surface area contributed by atoms with E-state index in [1.807, 2.05) is 0 Å². The van der Waals surface area contributed by atoms with Gasteiger partial charge in [0.25, 0.3) is 5.91 Å². The highest BCUT2D eigenvalue weighted by atomic mass is 19.1. The Kier molecular flexibility index (Phi) is 9.98. The minimum absolute atomic E-state index is 0.0296. The molecule has 0 atom stereocenters. The van der Waals surface area contributed by atoms with Crippen molar-refractivity contribution in [3.05, 3.63) is 94.5 Å². The molecule has 0 aromatic heterocycles. The predicted octanol–water partition coefficient (Wildman–Crippen LogP) is 5.20. The molecule has 3 rings (SSSR count). The number of anilines is 1. The average molecular weight is 546 g/mol. The molecular formula is C31H32FN3O5. The lowest BCUT2D eigenvalue weighted by Gasteiger charge is -2.25. The average Bonchev–Trinajstić information content (AvgIpc) is 2.92. The third-order valence-corrected chi connectivity index (χ3v) is 5.81. The van der Waals surface area contributed by atoms with Crippen molar-refractivity contribution >= 4 is 23.5 Å². The van der Waals surface area contributed by atoms with Crippen LogP contribution in [0.3, 0.4) is 0 Å². The molecule has 1 N–H and O–H groups in total. The normalized spacial score (nSPS) is 10.8. The Labute approximate surface area is 233 Å². The van der Waals surface area contributed by atoms with Crippen LogP contribution in [0, 0.1) is 11.3 Å². The maximum atomic E-state index is 13.4. The van der Waals surface area contributed by atoms with Gasteiger partial charge in [-0.3, -0.25) is 14.4 Å². The van der Waals surface area contributed by atoms with Gasteiger partial charge in [0.05, 0.1) is 25.2 Å². The van der Waals surface area contributed by atoms with Gasteiger partial charge in [-0.25, -0.2) is 4.39 Å².